The zero-order valence-corrected chi connectivity index (χ0v) is 10.9. The van der Waals surface area contributed by atoms with Crippen molar-refractivity contribution in [3.8, 4) is 6.01 Å². The van der Waals surface area contributed by atoms with Crippen molar-refractivity contribution < 1.29 is 9.84 Å². The van der Waals surface area contributed by atoms with Gasteiger partial charge in [0.2, 0.25) is 11.9 Å². The summed E-state index contributed by atoms with van der Waals surface area (Å²) in [5.41, 5.74) is 2.36. The number of rotatable bonds is 7. The standard InChI is InChI=1S/C10H20N6O2/c1-4-5-18-10-13-8(15-11)12-9(14-10)16(3)6-7(2)17/h7,17H,4-6,11H2,1-3H3,(H,12,13,14,15). The second-order valence-electron chi connectivity index (χ2n) is 3.96. The van der Waals surface area contributed by atoms with E-state index in [4.69, 9.17) is 10.6 Å². The van der Waals surface area contributed by atoms with Crippen molar-refractivity contribution in [3.63, 3.8) is 0 Å². The Morgan fingerprint density at radius 1 is 1.44 bits per heavy atom. The minimum Gasteiger partial charge on any atom is -0.463 e. The van der Waals surface area contributed by atoms with Crippen LogP contribution < -0.4 is 20.9 Å². The third kappa shape index (κ3) is 4.30. The fraction of sp³-hybridized carbons (Fsp3) is 0.700. The highest BCUT2D eigenvalue weighted by Gasteiger charge is 2.12. The van der Waals surface area contributed by atoms with Gasteiger partial charge >= 0.3 is 6.01 Å². The van der Waals surface area contributed by atoms with Crippen molar-refractivity contribution in [1.29, 1.82) is 0 Å². The molecule has 0 bridgehead atoms. The van der Waals surface area contributed by atoms with E-state index in [0.29, 0.717) is 19.1 Å². The number of hydrogen-bond acceptors (Lipinski definition) is 8. The van der Waals surface area contributed by atoms with E-state index in [1.807, 2.05) is 6.92 Å². The molecule has 1 atom stereocenters. The number of nitrogens with one attached hydrogen (secondary N) is 1. The molecule has 0 aliphatic heterocycles. The maximum Gasteiger partial charge on any atom is 0.323 e. The molecule has 0 spiro atoms. The van der Waals surface area contributed by atoms with Crippen LogP contribution in [0.5, 0.6) is 6.01 Å². The highest BCUT2D eigenvalue weighted by molar-refractivity contribution is 5.36. The third-order valence-electron chi connectivity index (χ3n) is 2.05. The van der Waals surface area contributed by atoms with Crippen molar-refractivity contribution >= 4 is 11.9 Å². The van der Waals surface area contributed by atoms with Crippen LogP contribution in [-0.2, 0) is 0 Å². The molecule has 0 amide bonds. The molecule has 8 nitrogen and oxygen atoms in total. The zero-order valence-electron chi connectivity index (χ0n) is 10.9. The van der Waals surface area contributed by atoms with E-state index >= 15 is 0 Å². The van der Waals surface area contributed by atoms with E-state index in [1.54, 1.807) is 18.9 Å². The summed E-state index contributed by atoms with van der Waals surface area (Å²) in [6, 6.07) is 0.215. The summed E-state index contributed by atoms with van der Waals surface area (Å²) in [6.45, 7) is 4.60. The fourth-order valence-corrected chi connectivity index (χ4v) is 1.32. The molecule has 1 aromatic rings. The first-order valence-corrected chi connectivity index (χ1v) is 5.81. The van der Waals surface area contributed by atoms with Gasteiger partial charge < -0.3 is 14.7 Å². The Morgan fingerprint density at radius 2 is 2.17 bits per heavy atom. The Hall–Kier alpha value is -1.67. The number of nitrogen functional groups attached to an aromatic ring is 1. The van der Waals surface area contributed by atoms with Gasteiger partial charge in [0.1, 0.15) is 0 Å². The van der Waals surface area contributed by atoms with Crippen molar-refractivity contribution in [2.45, 2.75) is 26.4 Å². The number of hydrogen-bond donors (Lipinski definition) is 3. The maximum atomic E-state index is 9.34. The molecule has 4 N–H and O–H groups in total. The number of aromatic nitrogens is 3. The zero-order chi connectivity index (χ0) is 13.5. The van der Waals surface area contributed by atoms with Gasteiger partial charge in [0, 0.05) is 13.6 Å². The lowest BCUT2D eigenvalue weighted by Crippen LogP contribution is -2.29. The molecule has 102 valence electrons. The maximum absolute atomic E-state index is 9.34. The van der Waals surface area contributed by atoms with Gasteiger partial charge in [-0.05, 0) is 13.3 Å². The smallest absolute Gasteiger partial charge is 0.323 e. The molecule has 1 heterocycles. The number of nitrogens with zero attached hydrogens (tertiary/aromatic N) is 4. The number of aliphatic hydroxyl groups is 1. The van der Waals surface area contributed by atoms with Crippen LogP contribution in [0.15, 0.2) is 0 Å². The summed E-state index contributed by atoms with van der Waals surface area (Å²) in [6.07, 6.45) is 0.372. The normalized spacial score (nSPS) is 12.1. The van der Waals surface area contributed by atoms with Crippen LogP contribution in [0.3, 0.4) is 0 Å². The highest BCUT2D eigenvalue weighted by Crippen LogP contribution is 2.13. The number of anilines is 2. The quantitative estimate of drug-likeness (QED) is 0.453. The van der Waals surface area contributed by atoms with Crippen LogP contribution in [0.4, 0.5) is 11.9 Å². The monoisotopic (exact) mass is 256 g/mol. The first-order chi connectivity index (χ1) is 8.56. The van der Waals surface area contributed by atoms with Gasteiger partial charge in [-0.15, -0.1) is 0 Å². The summed E-state index contributed by atoms with van der Waals surface area (Å²) >= 11 is 0. The lowest BCUT2D eigenvalue weighted by Gasteiger charge is -2.19. The molecule has 0 aliphatic rings. The number of hydrazine groups is 1. The van der Waals surface area contributed by atoms with Crippen LogP contribution in [-0.4, -0.2) is 46.4 Å². The second-order valence-corrected chi connectivity index (χ2v) is 3.96. The Balaban J connectivity index is 2.88. The summed E-state index contributed by atoms with van der Waals surface area (Å²) < 4.78 is 5.35. The van der Waals surface area contributed by atoms with Crippen LogP contribution in [0.25, 0.3) is 0 Å². The van der Waals surface area contributed by atoms with Crippen LogP contribution in [0.1, 0.15) is 20.3 Å². The molecule has 0 saturated carbocycles. The van der Waals surface area contributed by atoms with Crippen molar-refractivity contribution in [3.05, 3.63) is 0 Å². The lowest BCUT2D eigenvalue weighted by atomic mass is 10.4. The van der Waals surface area contributed by atoms with Crippen molar-refractivity contribution in [2.75, 3.05) is 30.5 Å². The minimum atomic E-state index is -0.485. The van der Waals surface area contributed by atoms with Gasteiger partial charge in [0.15, 0.2) is 0 Å². The van der Waals surface area contributed by atoms with E-state index in [9.17, 15) is 5.11 Å². The van der Waals surface area contributed by atoms with Gasteiger partial charge in [-0.3, -0.25) is 5.43 Å². The molecule has 0 radical (unpaired) electrons. The predicted molar refractivity (Wildman–Crippen MR) is 68.4 cm³/mol. The summed E-state index contributed by atoms with van der Waals surface area (Å²) in [5.74, 6) is 5.91. The minimum absolute atomic E-state index is 0.215. The van der Waals surface area contributed by atoms with Gasteiger partial charge in [-0.2, -0.15) is 15.0 Å². The number of aliphatic hydroxyl groups excluding tert-OH is 1. The average molecular weight is 256 g/mol. The number of nitrogens with two attached hydrogens (primary N) is 1. The molecular formula is C10H20N6O2. The van der Waals surface area contributed by atoms with E-state index in [0.717, 1.165) is 6.42 Å². The van der Waals surface area contributed by atoms with Crippen LogP contribution in [0, 0.1) is 0 Å². The van der Waals surface area contributed by atoms with E-state index in [2.05, 4.69) is 20.4 Å². The van der Waals surface area contributed by atoms with Gasteiger partial charge in [-0.25, -0.2) is 5.84 Å². The Labute approximate surface area is 106 Å². The average Bonchev–Trinajstić information content (AvgIpc) is 2.35. The fourth-order valence-electron chi connectivity index (χ4n) is 1.32. The molecule has 1 rings (SSSR count). The molecule has 0 saturated heterocycles. The van der Waals surface area contributed by atoms with E-state index in [1.165, 1.54) is 0 Å². The molecule has 18 heavy (non-hydrogen) atoms. The summed E-state index contributed by atoms with van der Waals surface area (Å²) in [5, 5.41) is 9.34. The van der Waals surface area contributed by atoms with Crippen molar-refractivity contribution in [1.82, 2.24) is 15.0 Å². The molecular weight excluding hydrogens is 236 g/mol. The van der Waals surface area contributed by atoms with Crippen molar-refractivity contribution in [2.24, 2.45) is 5.84 Å². The van der Waals surface area contributed by atoms with Crippen LogP contribution in [0.2, 0.25) is 0 Å². The predicted octanol–water partition coefficient (Wildman–Crippen LogP) is -0.237. The Kier molecular flexibility index (Phi) is 5.53. The molecule has 0 aromatic carbocycles. The lowest BCUT2D eigenvalue weighted by molar-refractivity contribution is 0.201. The van der Waals surface area contributed by atoms with Gasteiger partial charge in [0.25, 0.3) is 0 Å². The van der Waals surface area contributed by atoms with Crippen LogP contribution >= 0.6 is 0 Å². The first-order valence-electron chi connectivity index (χ1n) is 5.81. The third-order valence-corrected chi connectivity index (χ3v) is 2.05. The summed E-state index contributed by atoms with van der Waals surface area (Å²) in [7, 11) is 1.77. The van der Waals surface area contributed by atoms with E-state index in [-0.39, 0.29) is 12.0 Å². The summed E-state index contributed by atoms with van der Waals surface area (Å²) in [4.78, 5) is 13.9. The molecule has 0 fully saturated rings. The SMILES string of the molecule is CCCOc1nc(NN)nc(N(C)CC(C)O)n1. The van der Waals surface area contributed by atoms with Gasteiger partial charge in [-0.1, -0.05) is 6.92 Å². The Morgan fingerprint density at radius 3 is 2.72 bits per heavy atom. The largest absolute Gasteiger partial charge is 0.463 e. The highest BCUT2D eigenvalue weighted by atomic mass is 16.5. The molecule has 1 unspecified atom stereocenters. The Bertz CT molecular complexity index is 373. The number of likely N-dealkylation sites (N-methyl/N-ethyl adjacent to an activating group) is 1. The van der Waals surface area contributed by atoms with E-state index < -0.39 is 6.10 Å². The number of ether oxygens (including phenoxy) is 1. The first kappa shape index (κ1) is 14.4. The molecule has 1 aromatic heterocycles. The molecule has 8 heteroatoms. The topological polar surface area (TPSA) is 109 Å². The second kappa shape index (κ2) is 6.92. The molecule has 0 aliphatic carbocycles. The van der Waals surface area contributed by atoms with Gasteiger partial charge in [0.05, 0.1) is 12.7 Å².